The summed E-state index contributed by atoms with van der Waals surface area (Å²) in [6.07, 6.45) is 0.206. The van der Waals surface area contributed by atoms with E-state index in [1.807, 2.05) is 13.8 Å². The molecule has 1 amide bonds. The molecule has 19 heavy (non-hydrogen) atoms. The Hall–Kier alpha value is -1.55. The molecule has 1 aromatic rings. The van der Waals surface area contributed by atoms with E-state index in [1.54, 1.807) is 24.3 Å². The van der Waals surface area contributed by atoms with Crippen molar-refractivity contribution in [2.24, 2.45) is 5.92 Å². The van der Waals surface area contributed by atoms with Crippen molar-refractivity contribution in [2.45, 2.75) is 26.3 Å². The molecule has 104 valence electrons. The number of rotatable bonds is 5. The predicted octanol–water partition coefficient (Wildman–Crippen LogP) is 2.20. The maximum Gasteiger partial charge on any atom is 0.328 e. The van der Waals surface area contributed by atoms with Crippen molar-refractivity contribution in [1.29, 1.82) is 0 Å². The number of carbonyl (C=O) groups is 2. The van der Waals surface area contributed by atoms with Gasteiger partial charge >= 0.3 is 5.97 Å². The lowest BCUT2D eigenvalue weighted by Gasteiger charge is -2.19. The number of esters is 1. The standard InChI is InChI=1S/C14H18ClNO3/c1-9(2)13(14(18)19-3)16-12(17)8-10-4-6-11(15)7-5-10/h4-7,9,13H,8H2,1-3H3,(H,16,17)/t13-/m0/s1. The molecule has 0 radical (unpaired) electrons. The SMILES string of the molecule is COC(=O)[C@@H](NC(=O)Cc1ccc(Cl)cc1)C(C)C. The van der Waals surface area contributed by atoms with Gasteiger partial charge in [-0.3, -0.25) is 4.79 Å². The summed E-state index contributed by atoms with van der Waals surface area (Å²) in [5.74, 6) is -0.674. The Kier molecular flexibility index (Phi) is 5.83. The fraction of sp³-hybridized carbons (Fsp3) is 0.429. The third kappa shape index (κ3) is 4.91. The van der Waals surface area contributed by atoms with Crippen LogP contribution in [-0.4, -0.2) is 25.0 Å². The van der Waals surface area contributed by atoms with Crippen LogP contribution in [0.1, 0.15) is 19.4 Å². The number of carbonyl (C=O) groups excluding carboxylic acids is 2. The quantitative estimate of drug-likeness (QED) is 0.843. The maximum atomic E-state index is 11.9. The number of amides is 1. The highest BCUT2D eigenvalue weighted by Crippen LogP contribution is 2.10. The molecule has 0 aliphatic rings. The fourth-order valence-corrected chi connectivity index (χ4v) is 1.76. The minimum atomic E-state index is -0.621. The molecule has 0 saturated carbocycles. The largest absolute Gasteiger partial charge is 0.467 e. The van der Waals surface area contributed by atoms with Crippen LogP contribution in [0.2, 0.25) is 5.02 Å². The van der Waals surface area contributed by atoms with Gasteiger partial charge in [-0.2, -0.15) is 0 Å². The number of halogens is 1. The molecule has 0 unspecified atom stereocenters. The van der Waals surface area contributed by atoms with Crippen LogP contribution < -0.4 is 5.32 Å². The van der Waals surface area contributed by atoms with E-state index in [9.17, 15) is 9.59 Å². The summed E-state index contributed by atoms with van der Waals surface area (Å²) in [4.78, 5) is 23.4. The second kappa shape index (κ2) is 7.14. The van der Waals surface area contributed by atoms with Crippen molar-refractivity contribution in [1.82, 2.24) is 5.32 Å². The molecule has 0 heterocycles. The molecule has 0 spiro atoms. The molecule has 0 aliphatic carbocycles. The van der Waals surface area contributed by atoms with Crippen LogP contribution in [0.4, 0.5) is 0 Å². The highest BCUT2D eigenvalue weighted by molar-refractivity contribution is 6.30. The van der Waals surface area contributed by atoms with Gasteiger partial charge in [0.05, 0.1) is 13.5 Å². The Bertz CT molecular complexity index is 443. The van der Waals surface area contributed by atoms with Crippen LogP contribution in [0.5, 0.6) is 0 Å². The van der Waals surface area contributed by atoms with Crippen molar-refractivity contribution >= 4 is 23.5 Å². The number of methoxy groups -OCH3 is 1. The lowest BCUT2D eigenvalue weighted by atomic mass is 10.0. The van der Waals surface area contributed by atoms with E-state index in [4.69, 9.17) is 11.6 Å². The third-order valence-electron chi connectivity index (χ3n) is 2.72. The van der Waals surface area contributed by atoms with E-state index in [0.717, 1.165) is 5.56 Å². The normalized spacial score (nSPS) is 12.1. The minimum absolute atomic E-state index is 0.0263. The molecule has 0 bridgehead atoms. The lowest BCUT2D eigenvalue weighted by molar-refractivity contribution is -0.146. The van der Waals surface area contributed by atoms with Crippen LogP contribution >= 0.6 is 11.6 Å². The zero-order chi connectivity index (χ0) is 14.4. The second-order valence-corrected chi connectivity index (χ2v) is 5.05. The van der Waals surface area contributed by atoms with Crippen LogP contribution in [0.3, 0.4) is 0 Å². The number of hydrogen-bond acceptors (Lipinski definition) is 3. The van der Waals surface area contributed by atoms with Gasteiger partial charge < -0.3 is 10.1 Å². The number of nitrogens with one attached hydrogen (secondary N) is 1. The first-order chi connectivity index (χ1) is 8.93. The molecular formula is C14H18ClNO3. The van der Waals surface area contributed by atoms with E-state index in [1.165, 1.54) is 7.11 Å². The summed E-state index contributed by atoms with van der Waals surface area (Å²) < 4.78 is 4.67. The van der Waals surface area contributed by atoms with Gasteiger partial charge in [0.15, 0.2) is 0 Å². The van der Waals surface area contributed by atoms with Gasteiger partial charge in [-0.15, -0.1) is 0 Å². The molecule has 4 nitrogen and oxygen atoms in total. The van der Waals surface area contributed by atoms with E-state index in [2.05, 4.69) is 10.1 Å². The van der Waals surface area contributed by atoms with Crippen LogP contribution in [0.25, 0.3) is 0 Å². The van der Waals surface area contributed by atoms with E-state index < -0.39 is 12.0 Å². The molecule has 0 aliphatic heterocycles. The van der Waals surface area contributed by atoms with Crippen molar-refractivity contribution in [3.8, 4) is 0 Å². The molecule has 1 rings (SSSR count). The van der Waals surface area contributed by atoms with Gasteiger partial charge in [0.2, 0.25) is 5.91 Å². The minimum Gasteiger partial charge on any atom is -0.467 e. The average Bonchev–Trinajstić information content (AvgIpc) is 2.37. The molecular weight excluding hydrogens is 266 g/mol. The van der Waals surface area contributed by atoms with Gasteiger partial charge in [0.1, 0.15) is 6.04 Å². The molecule has 1 N–H and O–H groups in total. The number of hydrogen-bond donors (Lipinski definition) is 1. The van der Waals surface area contributed by atoms with Crippen LogP contribution in [-0.2, 0) is 20.7 Å². The van der Waals surface area contributed by atoms with Crippen molar-refractivity contribution < 1.29 is 14.3 Å². The third-order valence-corrected chi connectivity index (χ3v) is 2.97. The average molecular weight is 284 g/mol. The first-order valence-corrected chi connectivity index (χ1v) is 6.43. The van der Waals surface area contributed by atoms with E-state index in [-0.39, 0.29) is 18.2 Å². The summed E-state index contributed by atoms with van der Waals surface area (Å²) in [5, 5.41) is 3.31. The zero-order valence-corrected chi connectivity index (χ0v) is 12.0. The summed E-state index contributed by atoms with van der Waals surface area (Å²) >= 11 is 5.77. The maximum absolute atomic E-state index is 11.9. The van der Waals surface area contributed by atoms with Gasteiger partial charge in [-0.1, -0.05) is 37.6 Å². The van der Waals surface area contributed by atoms with E-state index >= 15 is 0 Å². The van der Waals surface area contributed by atoms with Crippen LogP contribution in [0.15, 0.2) is 24.3 Å². The Labute approximate surface area is 118 Å². The predicted molar refractivity (Wildman–Crippen MR) is 73.9 cm³/mol. The Balaban J connectivity index is 2.62. The Morgan fingerprint density at radius 1 is 1.26 bits per heavy atom. The second-order valence-electron chi connectivity index (χ2n) is 4.62. The van der Waals surface area contributed by atoms with Crippen molar-refractivity contribution in [3.05, 3.63) is 34.9 Å². The van der Waals surface area contributed by atoms with Gasteiger partial charge in [0, 0.05) is 5.02 Å². The van der Waals surface area contributed by atoms with E-state index in [0.29, 0.717) is 5.02 Å². The Morgan fingerprint density at radius 3 is 2.32 bits per heavy atom. The molecule has 0 fully saturated rings. The first-order valence-electron chi connectivity index (χ1n) is 6.05. The zero-order valence-electron chi connectivity index (χ0n) is 11.3. The topological polar surface area (TPSA) is 55.4 Å². The fourth-order valence-electron chi connectivity index (χ4n) is 1.64. The summed E-state index contributed by atoms with van der Waals surface area (Å²) in [5.41, 5.74) is 0.842. The van der Waals surface area contributed by atoms with Crippen molar-refractivity contribution in [2.75, 3.05) is 7.11 Å². The molecule has 1 atom stereocenters. The molecule has 1 aromatic carbocycles. The molecule has 0 aromatic heterocycles. The van der Waals surface area contributed by atoms with Gasteiger partial charge in [-0.05, 0) is 23.6 Å². The highest BCUT2D eigenvalue weighted by Gasteiger charge is 2.24. The number of benzene rings is 1. The first kappa shape index (κ1) is 15.5. The molecule has 0 saturated heterocycles. The van der Waals surface area contributed by atoms with Crippen LogP contribution in [0, 0.1) is 5.92 Å². The monoisotopic (exact) mass is 283 g/mol. The highest BCUT2D eigenvalue weighted by atomic mass is 35.5. The van der Waals surface area contributed by atoms with Gasteiger partial charge in [-0.25, -0.2) is 4.79 Å². The summed E-state index contributed by atoms with van der Waals surface area (Å²) in [7, 11) is 1.31. The number of ether oxygens (including phenoxy) is 1. The van der Waals surface area contributed by atoms with Gasteiger partial charge in [0.25, 0.3) is 0 Å². The summed E-state index contributed by atoms with van der Waals surface area (Å²) in [6.45, 7) is 3.70. The van der Waals surface area contributed by atoms with Crippen molar-refractivity contribution in [3.63, 3.8) is 0 Å². The Morgan fingerprint density at radius 2 is 1.84 bits per heavy atom. The molecule has 5 heteroatoms. The summed E-state index contributed by atoms with van der Waals surface area (Å²) in [6, 6.07) is 6.40. The lowest BCUT2D eigenvalue weighted by Crippen LogP contribution is -2.45. The smallest absolute Gasteiger partial charge is 0.328 e.